The third kappa shape index (κ3) is 0.716. The molecule has 12 heavy (non-hydrogen) atoms. The molecule has 0 amide bonds. The minimum absolute atomic E-state index is 0.180. The Morgan fingerprint density at radius 2 is 1.92 bits per heavy atom. The maximum absolute atomic E-state index is 10.9. The fraction of sp³-hybridized carbons (Fsp3) is 0.875. The van der Waals surface area contributed by atoms with E-state index in [4.69, 9.17) is 9.84 Å². The predicted molar refractivity (Wildman–Crippen MR) is 39.7 cm³/mol. The van der Waals surface area contributed by atoms with Crippen molar-refractivity contribution in [1.29, 1.82) is 0 Å². The largest absolute Gasteiger partial charge is 0.481 e. The Hall–Kier alpha value is -0.610. The van der Waals surface area contributed by atoms with Crippen molar-refractivity contribution < 1.29 is 19.7 Å². The van der Waals surface area contributed by atoms with Gasteiger partial charge in [0.1, 0.15) is 11.0 Å². The van der Waals surface area contributed by atoms with Gasteiger partial charge in [0.2, 0.25) is 0 Å². The predicted octanol–water partition coefficient (Wildman–Crippen LogP) is 0.00260. The summed E-state index contributed by atoms with van der Waals surface area (Å²) < 4.78 is 4.86. The zero-order chi connectivity index (χ0) is 8.82. The molecule has 0 bridgehead atoms. The van der Waals surface area contributed by atoms with Crippen LogP contribution in [0.5, 0.6) is 0 Å². The van der Waals surface area contributed by atoms with E-state index in [1.807, 2.05) is 0 Å². The van der Waals surface area contributed by atoms with Gasteiger partial charge in [0.05, 0.1) is 13.2 Å². The zero-order valence-corrected chi connectivity index (χ0v) is 6.75. The molecule has 0 spiro atoms. The molecular weight excluding hydrogens is 160 g/mol. The molecule has 0 aromatic heterocycles. The van der Waals surface area contributed by atoms with E-state index in [2.05, 4.69) is 0 Å². The van der Waals surface area contributed by atoms with Crippen LogP contribution in [0.3, 0.4) is 0 Å². The fourth-order valence-electron chi connectivity index (χ4n) is 1.98. The van der Waals surface area contributed by atoms with Crippen molar-refractivity contribution in [3.8, 4) is 0 Å². The van der Waals surface area contributed by atoms with E-state index in [9.17, 15) is 9.90 Å². The summed E-state index contributed by atoms with van der Waals surface area (Å²) in [7, 11) is 0. The van der Waals surface area contributed by atoms with E-state index in [1.165, 1.54) is 0 Å². The molecule has 4 heteroatoms. The van der Waals surface area contributed by atoms with Gasteiger partial charge in [0.25, 0.3) is 0 Å². The number of carboxylic acid groups (broad SMARTS) is 1. The summed E-state index contributed by atoms with van der Waals surface area (Å²) in [4.78, 5) is 10.9. The zero-order valence-electron chi connectivity index (χ0n) is 6.75. The third-order valence-electron chi connectivity index (χ3n) is 3.19. The summed E-state index contributed by atoms with van der Waals surface area (Å²) in [5.41, 5.74) is -1.98. The van der Waals surface area contributed by atoms with E-state index < -0.39 is 17.0 Å². The highest BCUT2D eigenvalue weighted by molar-refractivity contribution is 5.77. The van der Waals surface area contributed by atoms with E-state index in [1.54, 1.807) is 0 Å². The van der Waals surface area contributed by atoms with Gasteiger partial charge in [-0.3, -0.25) is 4.79 Å². The summed E-state index contributed by atoms with van der Waals surface area (Å²) in [6.07, 6.45) is 2.07. The maximum Gasteiger partial charge on any atom is 0.312 e. The molecule has 1 heterocycles. The van der Waals surface area contributed by atoms with Crippen LogP contribution < -0.4 is 0 Å². The second kappa shape index (κ2) is 2.20. The molecular formula is C8H12O4. The molecule has 68 valence electrons. The van der Waals surface area contributed by atoms with Crippen LogP contribution in [0.1, 0.15) is 19.3 Å². The maximum atomic E-state index is 10.9. The van der Waals surface area contributed by atoms with Gasteiger partial charge in [-0.05, 0) is 12.8 Å². The minimum Gasteiger partial charge on any atom is -0.481 e. The molecule has 0 unspecified atom stereocenters. The van der Waals surface area contributed by atoms with E-state index in [0.29, 0.717) is 12.8 Å². The van der Waals surface area contributed by atoms with Crippen molar-refractivity contribution in [2.24, 2.45) is 5.41 Å². The van der Waals surface area contributed by atoms with Crippen molar-refractivity contribution in [2.75, 3.05) is 13.2 Å². The van der Waals surface area contributed by atoms with Crippen LogP contribution in [0, 0.1) is 5.41 Å². The van der Waals surface area contributed by atoms with Gasteiger partial charge in [-0.15, -0.1) is 0 Å². The molecule has 1 aliphatic carbocycles. The first-order valence-corrected chi connectivity index (χ1v) is 4.14. The normalized spacial score (nSPS) is 30.1. The average Bonchev–Trinajstić information content (AvgIpc) is 1.80. The van der Waals surface area contributed by atoms with Gasteiger partial charge in [0.15, 0.2) is 0 Å². The van der Waals surface area contributed by atoms with Crippen LogP contribution in [0.25, 0.3) is 0 Å². The molecule has 1 saturated heterocycles. The molecule has 2 N–H and O–H groups in total. The smallest absolute Gasteiger partial charge is 0.312 e. The number of ether oxygens (including phenoxy) is 1. The van der Waals surface area contributed by atoms with Crippen molar-refractivity contribution >= 4 is 5.97 Å². The summed E-state index contributed by atoms with van der Waals surface area (Å²) in [5.74, 6) is -0.875. The molecule has 0 atom stereocenters. The highest BCUT2D eigenvalue weighted by atomic mass is 16.5. The first kappa shape index (κ1) is 8.01. The van der Waals surface area contributed by atoms with Crippen LogP contribution in [0.15, 0.2) is 0 Å². The summed E-state index contributed by atoms with van der Waals surface area (Å²) in [6.45, 7) is 0.360. The Kier molecular flexibility index (Phi) is 1.47. The second-order valence-corrected chi connectivity index (χ2v) is 3.77. The van der Waals surface area contributed by atoms with Crippen LogP contribution >= 0.6 is 0 Å². The Balaban J connectivity index is 2.21. The molecule has 0 aromatic carbocycles. The topological polar surface area (TPSA) is 66.8 Å². The van der Waals surface area contributed by atoms with Crippen LogP contribution in [0.2, 0.25) is 0 Å². The third-order valence-corrected chi connectivity index (χ3v) is 3.19. The summed E-state index contributed by atoms with van der Waals surface area (Å²) in [6, 6.07) is 0. The van der Waals surface area contributed by atoms with Crippen molar-refractivity contribution in [2.45, 2.75) is 24.9 Å². The van der Waals surface area contributed by atoms with E-state index in [-0.39, 0.29) is 13.2 Å². The van der Waals surface area contributed by atoms with Crippen molar-refractivity contribution in [3.63, 3.8) is 0 Å². The first-order valence-electron chi connectivity index (χ1n) is 4.14. The SMILES string of the molecule is O=C(O)C1(C2(O)COC2)CCC1. The highest BCUT2D eigenvalue weighted by Gasteiger charge is 2.63. The molecule has 0 aromatic rings. The van der Waals surface area contributed by atoms with Gasteiger partial charge in [-0.1, -0.05) is 6.42 Å². The van der Waals surface area contributed by atoms with Crippen LogP contribution in [-0.4, -0.2) is 35.0 Å². The standard InChI is InChI=1S/C8H12O4/c9-6(10)7(2-1-3-7)8(11)4-12-5-8/h11H,1-5H2,(H,9,10). The molecule has 0 radical (unpaired) electrons. The second-order valence-electron chi connectivity index (χ2n) is 3.77. The monoisotopic (exact) mass is 172 g/mol. The number of rotatable bonds is 2. The van der Waals surface area contributed by atoms with Crippen molar-refractivity contribution in [1.82, 2.24) is 0 Å². The molecule has 2 fully saturated rings. The Morgan fingerprint density at radius 1 is 1.33 bits per heavy atom. The van der Waals surface area contributed by atoms with Gasteiger partial charge in [-0.25, -0.2) is 0 Å². The van der Waals surface area contributed by atoms with E-state index >= 15 is 0 Å². The highest BCUT2D eigenvalue weighted by Crippen LogP contribution is 2.52. The van der Waals surface area contributed by atoms with Crippen LogP contribution in [0.4, 0.5) is 0 Å². The Morgan fingerprint density at radius 3 is 2.00 bits per heavy atom. The molecule has 4 nitrogen and oxygen atoms in total. The van der Waals surface area contributed by atoms with Gasteiger partial charge in [0, 0.05) is 0 Å². The number of aliphatic carboxylic acids is 1. The van der Waals surface area contributed by atoms with E-state index in [0.717, 1.165) is 6.42 Å². The minimum atomic E-state index is -1.09. The number of carboxylic acids is 1. The van der Waals surface area contributed by atoms with Crippen molar-refractivity contribution in [3.05, 3.63) is 0 Å². The average molecular weight is 172 g/mol. The van der Waals surface area contributed by atoms with Gasteiger partial charge < -0.3 is 14.9 Å². The summed E-state index contributed by atoms with van der Waals surface area (Å²) >= 11 is 0. The lowest BCUT2D eigenvalue weighted by Crippen LogP contribution is -2.67. The molecule has 2 rings (SSSR count). The van der Waals surface area contributed by atoms with Crippen LogP contribution in [-0.2, 0) is 9.53 Å². The Bertz CT molecular complexity index is 215. The lowest BCUT2D eigenvalue weighted by molar-refractivity contribution is -0.261. The molecule has 2 aliphatic rings. The number of hydrogen-bond acceptors (Lipinski definition) is 3. The fourth-order valence-corrected chi connectivity index (χ4v) is 1.98. The van der Waals surface area contributed by atoms with Gasteiger partial charge in [-0.2, -0.15) is 0 Å². The number of aliphatic hydroxyl groups is 1. The van der Waals surface area contributed by atoms with Gasteiger partial charge >= 0.3 is 5.97 Å². The summed E-state index contributed by atoms with van der Waals surface area (Å²) in [5, 5.41) is 18.8. The quantitative estimate of drug-likeness (QED) is 0.615. The Labute approximate surface area is 70.1 Å². The number of carbonyl (C=O) groups is 1. The molecule has 1 aliphatic heterocycles. The number of hydrogen-bond donors (Lipinski definition) is 2. The molecule has 1 saturated carbocycles. The first-order chi connectivity index (χ1) is 5.61. The lowest BCUT2D eigenvalue weighted by atomic mass is 9.58. The lowest BCUT2D eigenvalue weighted by Gasteiger charge is -2.53.